The fourth-order valence-corrected chi connectivity index (χ4v) is 2.49. The Labute approximate surface area is 119 Å². The number of hydrogen-bond acceptors (Lipinski definition) is 4. The van der Waals surface area contributed by atoms with Gasteiger partial charge in [0.1, 0.15) is 5.69 Å². The molecule has 0 spiro atoms. The van der Waals surface area contributed by atoms with E-state index in [4.69, 9.17) is 0 Å². The van der Waals surface area contributed by atoms with Gasteiger partial charge in [0.15, 0.2) is 11.6 Å². The fraction of sp³-hybridized carbons (Fsp3) is 0.583. The van der Waals surface area contributed by atoms with Crippen LogP contribution >= 0.6 is 0 Å². The first kappa shape index (κ1) is 13.9. The number of aromatic amines is 1. The molecule has 9 heteroatoms. The topological polar surface area (TPSA) is 62.6 Å². The third-order valence-corrected chi connectivity index (χ3v) is 3.49. The van der Waals surface area contributed by atoms with E-state index in [0.717, 1.165) is 23.8 Å². The summed E-state index contributed by atoms with van der Waals surface area (Å²) in [7, 11) is 0. The van der Waals surface area contributed by atoms with E-state index in [1.54, 1.807) is 0 Å². The van der Waals surface area contributed by atoms with Crippen LogP contribution in [0.2, 0.25) is 0 Å². The number of nitrogens with zero attached hydrogens (tertiary/aromatic N) is 5. The molecule has 1 aliphatic heterocycles. The summed E-state index contributed by atoms with van der Waals surface area (Å²) in [5.41, 5.74) is 0.487. The number of hydrogen-bond donors (Lipinski definition) is 1. The van der Waals surface area contributed by atoms with Crippen molar-refractivity contribution in [1.29, 1.82) is 0 Å². The highest BCUT2D eigenvalue weighted by atomic mass is 19.4. The average molecular weight is 300 g/mol. The summed E-state index contributed by atoms with van der Waals surface area (Å²) in [6, 6.07) is 0. The van der Waals surface area contributed by atoms with Crippen molar-refractivity contribution < 1.29 is 13.2 Å². The molecular weight excluding hydrogens is 285 g/mol. The van der Waals surface area contributed by atoms with Gasteiger partial charge >= 0.3 is 6.18 Å². The molecule has 0 aliphatic carbocycles. The number of unbranched alkanes of at least 4 members (excludes halogenated alkanes) is 2. The van der Waals surface area contributed by atoms with Crippen molar-refractivity contribution in [3.8, 4) is 11.5 Å². The number of anilines is 1. The summed E-state index contributed by atoms with van der Waals surface area (Å²) >= 11 is 0. The third-order valence-electron chi connectivity index (χ3n) is 3.49. The minimum absolute atomic E-state index is 0.0682. The maximum Gasteiger partial charge on any atom is 0.451 e. The summed E-state index contributed by atoms with van der Waals surface area (Å²) < 4.78 is 40.0. The van der Waals surface area contributed by atoms with E-state index in [2.05, 4.69) is 27.1 Å². The molecule has 0 saturated heterocycles. The van der Waals surface area contributed by atoms with Gasteiger partial charge in [0.2, 0.25) is 5.82 Å². The molecule has 2 aromatic heterocycles. The predicted octanol–water partition coefficient (Wildman–Crippen LogP) is 2.65. The normalized spacial score (nSPS) is 14.2. The molecule has 0 bridgehead atoms. The summed E-state index contributed by atoms with van der Waals surface area (Å²) in [6.45, 7) is 2.80. The van der Waals surface area contributed by atoms with E-state index >= 15 is 0 Å². The second kappa shape index (κ2) is 5.05. The molecule has 0 fully saturated rings. The molecule has 0 radical (unpaired) electrons. The number of halogens is 3. The quantitative estimate of drug-likeness (QED) is 0.882. The van der Waals surface area contributed by atoms with E-state index in [9.17, 15) is 13.2 Å². The number of alkyl halides is 3. The van der Waals surface area contributed by atoms with E-state index in [1.807, 2.05) is 4.90 Å². The van der Waals surface area contributed by atoms with Crippen LogP contribution in [0.1, 0.15) is 32.0 Å². The van der Waals surface area contributed by atoms with Crippen LogP contribution in [0.4, 0.5) is 19.0 Å². The van der Waals surface area contributed by atoms with Gasteiger partial charge in [-0.1, -0.05) is 19.8 Å². The largest absolute Gasteiger partial charge is 0.451 e. The molecule has 0 saturated carbocycles. The summed E-state index contributed by atoms with van der Waals surface area (Å²) in [4.78, 5) is 8.88. The van der Waals surface area contributed by atoms with E-state index in [0.29, 0.717) is 18.1 Å². The van der Waals surface area contributed by atoms with Crippen molar-refractivity contribution >= 4 is 5.82 Å². The molecule has 3 rings (SSSR count). The zero-order valence-electron chi connectivity index (χ0n) is 11.5. The van der Waals surface area contributed by atoms with Crippen LogP contribution in [0.25, 0.3) is 11.5 Å². The lowest BCUT2D eigenvalue weighted by Crippen LogP contribution is -2.33. The first-order valence-corrected chi connectivity index (χ1v) is 6.81. The van der Waals surface area contributed by atoms with E-state index < -0.39 is 12.0 Å². The fourth-order valence-electron chi connectivity index (χ4n) is 2.49. The molecule has 1 aliphatic rings. The van der Waals surface area contributed by atoms with Gasteiger partial charge in [-0.3, -0.25) is 4.57 Å². The SMILES string of the molecule is CCCCCN1Cn2c(nnc2C(F)(F)F)-c2[nH]cnc21. The molecule has 2 aromatic rings. The van der Waals surface area contributed by atoms with Crippen molar-refractivity contribution in [3.63, 3.8) is 0 Å². The molecule has 0 unspecified atom stereocenters. The lowest BCUT2D eigenvalue weighted by Gasteiger charge is -2.29. The Morgan fingerprint density at radius 2 is 2.10 bits per heavy atom. The third kappa shape index (κ3) is 2.36. The van der Waals surface area contributed by atoms with Crippen LogP contribution in [0.5, 0.6) is 0 Å². The maximum absolute atomic E-state index is 13.0. The minimum Gasteiger partial charge on any atom is -0.340 e. The van der Waals surface area contributed by atoms with Crippen LogP contribution < -0.4 is 4.90 Å². The highest BCUT2D eigenvalue weighted by Crippen LogP contribution is 2.36. The van der Waals surface area contributed by atoms with Crippen molar-refractivity contribution in [2.45, 2.75) is 39.0 Å². The molecule has 114 valence electrons. The van der Waals surface area contributed by atoms with Gasteiger partial charge in [0.25, 0.3) is 0 Å². The zero-order chi connectivity index (χ0) is 15.0. The van der Waals surface area contributed by atoms with Gasteiger partial charge in [-0.15, -0.1) is 10.2 Å². The van der Waals surface area contributed by atoms with Crippen LogP contribution in [0, 0.1) is 0 Å². The van der Waals surface area contributed by atoms with Crippen LogP contribution in [-0.4, -0.2) is 31.3 Å². The molecule has 21 heavy (non-hydrogen) atoms. The van der Waals surface area contributed by atoms with E-state index in [-0.39, 0.29) is 12.5 Å². The molecule has 0 amide bonds. The predicted molar refractivity (Wildman–Crippen MR) is 69.5 cm³/mol. The van der Waals surface area contributed by atoms with Crippen LogP contribution in [0.3, 0.4) is 0 Å². The molecular formula is C12H15F3N6. The molecule has 6 nitrogen and oxygen atoms in total. The van der Waals surface area contributed by atoms with Crippen molar-refractivity contribution in [2.75, 3.05) is 11.4 Å². The molecule has 1 N–H and O–H groups in total. The monoisotopic (exact) mass is 300 g/mol. The smallest absolute Gasteiger partial charge is 0.340 e. The lowest BCUT2D eigenvalue weighted by atomic mass is 10.2. The summed E-state index contributed by atoms with van der Waals surface area (Å²) in [6.07, 6.45) is -0.0705. The Morgan fingerprint density at radius 3 is 2.81 bits per heavy atom. The number of imidazole rings is 1. The highest BCUT2D eigenvalue weighted by molar-refractivity contribution is 5.69. The second-order valence-electron chi connectivity index (χ2n) is 4.99. The summed E-state index contributed by atoms with van der Waals surface area (Å²) in [5, 5.41) is 6.95. The van der Waals surface area contributed by atoms with Crippen LogP contribution in [-0.2, 0) is 12.8 Å². The first-order chi connectivity index (χ1) is 10.0. The van der Waals surface area contributed by atoms with Crippen molar-refractivity contribution in [3.05, 3.63) is 12.2 Å². The van der Waals surface area contributed by atoms with Gasteiger partial charge in [0.05, 0.1) is 13.0 Å². The highest BCUT2D eigenvalue weighted by Gasteiger charge is 2.41. The Bertz CT molecular complexity index is 629. The van der Waals surface area contributed by atoms with Crippen molar-refractivity contribution in [2.24, 2.45) is 0 Å². The molecule has 3 heterocycles. The zero-order valence-corrected chi connectivity index (χ0v) is 11.5. The maximum atomic E-state index is 13.0. The summed E-state index contributed by atoms with van der Waals surface area (Å²) in [5.74, 6) is -0.153. The van der Waals surface area contributed by atoms with Crippen LogP contribution in [0.15, 0.2) is 6.33 Å². The van der Waals surface area contributed by atoms with Gasteiger partial charge in [0, 0.05) is 6.54 Å². The van der Waals surface area contributed by atoms with E-state index in [1.165, 1.54) is 6.33 Å². The van der Waals surface area contributed by atoms with Gasteiger partial charge in [-0.2, -0.15) is 13.2 Å². The molecule has 0 aromatic carbocycles. The minimum atomic E-state index is -4.52. The number of fused-ring (bicyclic) bond motifs is 3. The van der Waals surface area contributed by atoms with Gasteiger partial charge < -0.3 is 9.88 Å². The van der Waals surface area contributed by atoms with Crippen molar-refractivity contribution in [1.82, 2.24) is 24.7 Å². The average Bonchev–Trinajstić information content (AvgIpc) is 3.03. The Balaban J connectivity index is 1.96. The number of nitrogens with one attached hydrogen (secondary N) is 1. The first-order valence-electron chi connectivity index (χ1n) is 6.81. The second-order valence-corrected chi connectivity index (χ2v) is 4.99. The molecule has 0 atom stereocenters. The van der Waals surface area contributed by atoms with Gasteiger partial charge in [-0.25, -0.2) is 4.98 Å². The Morgan fingerprint density at radius 1 is 1.29 bits per heavy atom. The number of aromatic nitrogens is 5. The number of rotatable bonds is 4. The Kier molecular flexibility index (Phi) is 3.34. The van der Waals surface area contributed by atoms with Gasteiger partial charge in [-0.05, 0) is 6.42 Å². The standard InChI is InChI=1S/C12H15F3N6/c1-2-3-4-5-20-7-21-10(8-9(20)17-6-16-8)18-19-11(21)12(13,14)15/h6H,2-5,7H2,1H3,(H,16,17). The lowest BCUT2D eigenvalue weighted by molar-refractivity contribution is -0.147. The number of H-pyrrole nitrogens is 1. The Hall–Kier alpha value is -2.06.